The molecule has 132 valence electrons. The molecule has 0 radical (unpaired) electrons. The third-order valence-electron chi connectivity index (χ3n) is 3.08. The maximum atomic E-state index is 12.8. The predicted octanol–water partition coefficient (Wildman–Crippen LogP) is 2.99. The number of ether oxygens (including phenoxy) is 2. The lowest BCUT2D eigenvalue weighted by atomic mass is 10.2. The summed E-state index contributed by atoms with van der Waals surface area (Å²) in [7, 11) is 0. The molecule has 3 N–H and O–H groups in total. The maximum absolute atomic E-state index is 12.8. The van der Waals surface area contributed by atoms with Crippen molar-refractivity contribution in [2.45, 2.75) is 20.0 Å². The summed E-state index contributed by atoms with van der Waals surface area (Å²) in [6, 6.07) is 9.78. The van der Waals surface area contributed by atoms with E-state index >= 15 is 0 Å². The van der Waals surface area contributed by atoms with E-state index in [2.05, 4.69) is 5.32 Å². The zero-order chi connectivity index (χ0) is 18.4. The first-order chi connectivity index (χ1) is 11.8. The van der Waals surface area contributed by atoms with Gasteiger partial charge in [-0.15, -0.1) is 0 Å². The van der Waals surface area contributed by atoms with Gasteiger partial charge in [0.05, 0.1) is 17.4 Å². The zero-order valence-electron chi connectivity index (χ0n) is 13.9. The molecule has 0 aliphatic heterocycles. The fourth-order valence-corrected chi connectivity index (χ4v) is 1.94. The lowest BCUT2D eigenvalue weighted by Gasteiger charge is -2.12. The van der Waals surface area contributed by atoms with Gasteiger partial charge >= 0.3 is 5.97 Å². The van der Waals surface area contributed by atoms with Crippen LogP contribution in [0.3, 0.4) is 0 Å². The van der Waals surface area contributed by atoms with Gasteiger partial charge in [-0.25, -0.2) is 9.18 Å². The number of halogens is 1. The van der Waals surface area contributed by atoms with Gasteiger partial charge < -0.3 is 20.5 Å². The van der Waals surface area contributed by atoms with Crippen LogP contribution >= 0.6 is 0 Å². The molecule has 0 spiro atoms. The van der Waals surface area contributed by atoms with Crippen molar-refractivity contribution in [2.75, 3.05) is 17.7 Å². The SMILES string of the molecule is CC(C)OC(=O)c1ccc(N)c(OCC(=O)Nc2ccc(F)cc2)c1. The van der Waals surface area contributed by atoms with E-state index in [1.807, 2.05) is 0 Å². The standard InChI is InChI=1S/C18H19FN2O4/c1-11(2)25-18(23)12-3-8-15(20)16(9-12)24-10-17(22)21-14-6-4-13(19)5-7-14/h3-9,11H,10,20H2,1-2H3,(H,21,22). The Hall–Kier alpha value is -3.09. The normalized spacial score (nSPS) is 10.4. The van der Waals surface area contributed by atoms with Crippen LogP contribution < -0.4 is 15.8 Å². The second kappa shape index (κ2) is 8.14. The molecule has 0 heterocycles. The lowest BCUT2D eigenvalue weighted by Crippen LogP contribution is -2.20. The van der Waals surface area contributed by atoms with Crippen LogP contribution in [-0.2, 0) is 9.53 Å². The van der Waals surface area contributed by atoms with Gasteiger partial charge in [0.25, 0.3) is 5.91 Å². The molecule has 0 atom stereocenters. The molecular weight excluding hydrogens is 327 g/mol. The second-order valence-electron chi connectivity index (χ2n) is 5.55. The molecule has 2 rings (SSSR count). The van der Waals surface area contributed by atoms with Crippen LogP contribution in [0.15, 0.2) is 42.5 Å². The Morgan fingerprint density at radius 1 is 1.16 bits per heavy atom. The van der Waals surface area contributed by atoms with Crippen molar-refractivity contribution in [3.8, 4) is 5.75 Å². The van der Waals surface area contributed by atoms with Crippen LogP contribution in [0, 0.1) is 5.82 Å². The van der Waals surface area contributed by atoms with Crippen molar-refractivity contribution in [2.24, 2.45) is 0 Å². The minimum atomic E-state index is -0.504. The number of carbonyl (C=O) groups is 2. The summed E-state index contributed by atoms with van der Waals surface area (Å²) in [6.45, 7) is 3.17. The summed E-state index contributed by atoms with van der Waals surface area (Å²) >= 11 is 0. The van der Waals surface area contributed by atoms with Crippen molar-refractivity contribution in [3.05, 3.63) is 53.8 Å². The highest BCUT2D eigenvalue weighted by Gasteiger charge is 2.13. The Morgan fingerprint density at radius 2 is 1.84 bits per heavy atom. The number of benzene rings is 2. The van der Waals surface area contributed by atoms with E-state index < -0.39 is 17.7 Å². The minimum Gasteiger partial charge on any atom is -0.482 e. The van der Waals surface area contributed by atoms with E-state index in [1.54, 1.807) is 13.8 Å². The van der Waals surface area contributed by atoms with Crippen LogP contribution in [0.25, 0.3) is 0 Å². The molecule has 1 amide bonds. The molecule has 0 unspecified atom stereocenters. The molecule has 0 aromatic heterocycles. The van der Waals surface area contributed by atoms with Crippen LogP contribution in [-0.4, -0.2) is 24.6 Å². The number of hydrogen-bond donors (Lipinski definition) is 2. The summed E-state index contributed by atoms with van der Waals surface area (Å²) in [6.07, 6.45) is -0.254. The molecule has 0 aliphatic carbocycles. The van der Waals surface area contributed by atoms with Crippen molar-refractivity contribution in [1.82, 2.24) is 0 Å². The lowest BCUT2D eigenvalue weighted by molar-refractivity contribution is -0.118. The third-order valence-corrected chi connectivity index (χ3v) is 3.08. The van der Waals surface area contributed by atoms with Crippen LogP contribution in [0.5, 0.6) is 5.75 Å². The molecule has 7 heteroatoms. The fourth-order valence-electron chi connectivity index (χ4n) is 1.94. The number of esters is 1. The molecule has 25 heavy (non-hydrogen) atoms. The average Bonchev–Trinajstić information content (AvgIpc) is 2.55. The number of carbonyl (C=O) groups excluding carboxylic acids is 2. The smallest absolute Gasteiger partial charge is 0.338 e. The van der Waals surface area contributed by atoms with Gasteiger partial charge in [0.1, 0.15) is 11.6 Å². The highest BCUT2D eigenvalue weighted by Crippen LogP contribution is 2.23. The highest BCUT2D eigenvalue weighted by atomic mass is 19.1. The predicted molar refractivity (Wildman–Crippen MR) is 91.9 cm³/mol. The van der Waals surface area contributed by atoms with E-state index in [9.17, 15) is 14.0 Å². The number of amides is 1. The third kappa shape index (κ3) is 5.49. The Kier molecular flexibility index (Phi) is 5.94. The fraction of sp³-hybridized carbons (Fsp3) is 0.222. The van der Waals surface area contributed by atoms with E-state index in [4.69, 9.17) is 15.2 Å². The Balaban J connectivity index is 1.98. The van der Waals surface area contributed by atoms with Gasteiger partial charge in [-0.1, -0.05) is 0 Å². The van der Waals surface area contributed by atoms with E-state index in [0.717, 1.165) is 0 Å². The Bertz CT molecular complexity index is 760. The van der Waals surface area contributed by atoms with E-state index in [1.165, 1.54) is 42.5 Å². The summed E-state index contributed by atoms with van der Waals surface area (Å²) in [5.41, 5.74) is 6.80. The first kappa shape index (κ1) is 18.3. The Labute approximate surface area is 144 Å². The first-order valence-corrected chi connectivity index (χ1v) is 7.64. The first-order valence-electron chi connectivity index (χ1n) is 7.64. The molecule has 0 fully saturated rings. The molecular formula is C18H19FN2O4. The number of hydrogen-bond acceptors (Lipinski definition) is 5. The molecule has 0 saturated heterocycles. The van der Waals surface area contributed by atoms with Crippen LogP contribution in [0.2, 0.25) is 0 Å². The second-order valence-corrected chi connectivity index (χ2v) is 5.55. The molecule has 2 aromatic carbocycles. The quantitative estimate of drug-likeness (QED) is 0.620. The number of nitrogen functional groups attached to an aromatic ring is 1. The van der Waals surface area contributed by atoms with Crippen molar-refractivity contribution in [1.29, 1.82) is 0 Å². The van der Waals surface area contributed by atoms with E-state index in [-0.39, 0.29) is 29.7 Å². The van der Waals surface area contributed by atoms with Crippen molar-refractivity contribution in [3.63, 3.8) is 0 Å². The summed E-state index contributed by atoms with van der Waals surface area (Å²) in [5.74, 6) is -1.14. The van der Waals surface area contributed by atoms with Gasteiger partial charge in [0, 0.05) is 5.69 Å². The van der Waals surface area contributed by atoms with Gasteiger partial charge in [0.2, 0.25) is 0 Å². The highest BCUT2D eigenvalue weighted by molar-refractivity contribution is 5.92. The Morgan fingerprint density at radius 3 is 2.48 bits per heavy atom. The number of nitrogens with one attached hydrogen (secondary N) is 1. The van der Waals surface area contributed by atoms with Crippen molar-refractivity contribution < 1.29 is 23.5 Å². The van der Waals surface area contributed by atoms with E-state index in [0.29, 0.717) is 5.69 Å². The molecule has 6 nitrogen and oxygen atoms in total. The summed E-state index contributed by atoms with van der Waals surface area (Å²) in [4.78, 5) is 23.8. The van der Waals surface area contributed by atoms with Gasteiger partial charge in [-0.3, -0.25) is 4.79 Å². The average molecular weight is 346 g/mol. The summed E-state index contributed by atoms with van der Waals surface area (Å²) < 4.78 is 23.3. The van der Waals surface area contributed by atoms with Gasteiger partial charge in [0.15, 0.2) is 6.61 Å². The minimum absolute atomic E-state index is 0.201. The van der Waals surface area contributed by atoms with Gasteiger partial charge in [-0.05, 0) is 56.3 Å². The van der Waals surface area contributed by atoms with Gasteiger partial charge in [-0.2, -0.15) is 0 Å². The van der Waals surface area contributed by atoms with Crippen molar-refractivity contribution >= 4 is 23.3 Å². The zero-order valence-corrected chi connectivity index (χ0v) is 13.9. The molecule has 0 bridgehead atoms. The van der Waals surface area contributed by atoms with Crippen LogP contribution in [0.4, 0.5) is 15.8 Å². The topological polar surface area (TPSA) is 90.7 Å². The molecule has 2 aromatic rings. The van der Waals surface area contributed by atoms with Crippen LogP contribution in [0.1, 0.15) is 24.2 Å². The largest absolute Gasteiger partial charge is 0.482 e. The number of rotatable bonds is 6. The maximum Gasteiger partial charge on any atom is 0.338 e. The number of anilines is 2. The monoisotopic (exact) mass is 346 g/mol. The number of nitrogens with two attached hydrogens (primary N) is 1. The molecule has 0 saturated carbocycles. The molecule has 0 aliphatic rings. The summed E-state index contributed by atoms with van der Waals surface area (Å²) in [5, 5.41) is 2.56.